The van der Waals surface area contributed by atoms with Crippen LogP contribution in [0.3, 0.4) is 0 Å². The fourth-order valence-corrected chi connectivity index (χ4v) is 1.69. The first-order chi connectivity index (χ1) is 8.47. The van der Waals surface area contributed by atoms with Gasteiger partial charge >= 0.3 is 6.55 Å². The molecule has 19 heavy (non-hydrogen) atoms. The van der Waals surface area contributed by atoms with Crippen LogP contribution in [0.4, 0.5) is 8.78 Å². The molecule has 0 aromatic carbocycles. The molecule has 1 aromatic rings. The number of hydrogen-bond acceptors (Lipinski definition) is 3. The van der Waals surface area contributed by atoms with Crippen molar-refractivity contribution in [2.45, 2.75) is 26.8 Å². The normalized spacial score (nSPS) is 10.4. The lowest BCUT2D eigenvalue weighted by Gasteiger charge is -2.06. The highest BCUT2D eigenvalue weighted by Gasteiger charge is 2.18. The van der Waals surface area contributed by atoms with Crippen molar-refractivity contribution < 1.29 is 13.6 Å². The maximum absolute atomic E-state index is 12.6. The molecular weight excluding hydrogens is 278 g/mol. The van der Waals surface area contributed by atoms with Gasteiger partial charge in [0.2, 0.25) is 5.91 Å². The highest BCUT2D eigenvalue weighted by Crippen LogP contribution is 2.19. The first kappa shape index (κ1) is 17.8. The Morgan fingerprint density at radius 1 is 1.37 bits per heavy atom. The van der Waals surface area contributed by atoms with Gasteiger partial charge in [0.15, 0.2) is 0 Å². The third kappa shape index (κ3) is 4.76. The highest BCUT2D eigenvalue weighted by molar-refractivity contribution is 5.85. The molecule has 0 radical (unpaired) electrons. The molecule has 110 valence electrons. The molecule has 8 heteroatoms. The number of nitrogens with zero attached hydrogens (tertiary/aromatic N) is 2. The summed E-state index contributed by atoms with van der Waals surface area (Å²) in [5, 5.41) is 9.33. The zero-order chi connectivity index (χ0) is 13.7. The van der Waals surface area contributed by atoms with Gasteiger partial charge in [-0.1, -0.05) is 0 Å². The summed E-state index contributed by atoms with van der Waals surface area (Å²) in [6, 6.07) is 0. The van der Waals surface area contributed by atoms with Crippen LogP contribution in [-0.2, 0) is 11.2 Å². The second-order valence-electron chi connectivity index (χ2n) is 4.00. The van der Waals surface area contributed by atoms with Crippen LogP contribution in [0.1, 0.15) is 23.5 Å². The molecule has 0 aliphatic carbocycles. The Hall–Kier alpha value is -1.21. The van der Waals surface area contributed by atoms with Gasteiger partial charge in [0, 0.05) is 24.3 Å². The van der Waals surface area contributed by atoms with Crippen LogP contribution in [0.25, 0.3) is 0 Å². The Morgan fingerprint density at radius 2 is 2.00 bits per heavy atom. The fourth-order valence-electron chi connectivity index (χ4n) is 1.69. The summed E-state index contributed by atoms with van der Waals surface area (Å²) in [5.74, 6) is -0.190. The van der Waals surface area contributed by atoms with Crippen LogP contribution in [-0.4, -0.2) is 35.8 Å². The van der Waals surface area contributed by atoms with E-state index in [4.69, 9.17) is 0 Å². The summed E-state index contributed by atoms with van der Waals surface area (Å²) in [6.07, 6.45) is 0.0775. The molecule has 0 unspecified atom stereocenters. The molecule has 0 aliphatic heterocycles. The number of amides is 1. The van der Waals surface area contributed by atoms with Crippen molar-refractivity contribution >= 4 is 18.3 Å². The molecule has 1 amide bonds. The van der Waals surface area contributed by atoms with Crippen LogP contribution in [0, 0.1) is 13.8 Å². The first-order valence-corrected chi connectivity index (χ1v) is 5.71. The van der Waals surface area contributed by atoms with E-state index >= 15 is 0 Å². The number of nitrogens with one attached hydrogen (secondary N) is 2. The summed E-state index contributed by atoms with van der Waals surface area (Å²) >= 11 is 0. The second kappa shape index (κ2) is 8.06. The number of alkyl halides is 2. The van der Waals surface area contributed by atoms with Gasteiger partial charge in [-0.2, -0.15) is 13.9 Å². The van der Waals surface area contributed by atoms with Gasteiger partial charge in [-0.3, -0.25) is 4.79 Å². The molecule has 1 aromatic heterocycles. The fraction of sp³-hybridized carbons (Fsp3) is 0.636. The lowest BCUT2D eigenvalue weighted by Crippen LogP contribution is -2.31. The van der Waals surface area contributed by atoms with Crippen molar-refractivity contribution in [3.8, 4) is 0 Å². The van der Waals surface area contributed by atoms with E-state index in [2.05, 4.69) is 15.7 Å². The lowest BCUT2D eigenvalue weighted by molar-refractivity contribution is -0.120. The third-order valence-corrected chi connectivity index (χ3v) is 2.69. The maximum Gasteiger partial charge on any atom is 0.333 e. The molecule has 0 atom stereocenters. The van der Waals surface area contributed by atoms with Crippen LogP contribution >= 0.6 is 12.4 Å². The van der Waals surface area contributed by atoms with E-state index < -0.39 is 6.55 Å². The average molecular weight is 297 g/mol. The molecule has 1 rings (SSSR count). The molecule has 1 heterocycles. The van der Waals surface area contributed by atoms with Crippen LogP contribution < -0.4 is 10.6 Å². The molecule has 0 saturated carbocycles. The third-order valence-electron chi connectivity index (χ3n) is 2.69. The Morgan fingerprint density at radius 3 is 2.47 bits per heavy atom. The predicted octanol–water partition coefficient (Wildman–Crippen LogP) is 1.19. The van der Waals surface area contributed by atoms with Crippen LogP contribution in [0.2, 0.25) is 0 Å². The minimum absolute atomic E-state index is 0. The number of aromatic nitrogens is 2. The molecule has 0 aliphatic rings. The maximum atomic E-state index is 12.6. The quantitative estimate of drug-likeness (QED) is 0.776. The van der Waals surface area contributed by atoms with Crippen LogP contribution in [0.15, 0.2) is 0 Å². The van der Waals surface area contributed by atoms with Gasteiger partial charge in [-0.15, -0.1) is 12.4 Å². The Labute approximate surface area is 117 Å². The number of halogens is 3. The van der Waals surface area contributed by atoms with Crippen molar-refractivity contribution in [1.29, 1.82) is 0 Å². The molecule has 0 spiro atoms. The van der Waals surface area contributed by atoms with E-state index in [9.17, 15) is 13.6 Å². The van der Waals surface area contributed by atoms with Crippen molar-refractivity contribution in [1.82, 2.24) is 20.4 Å². The minimum atomic E-state index is -2.68. The SMILES string of the molecule is CNCCNC(=O)Cc1c(C)nn(C(F)F)c1C.Cl. The van der Waals surface area contributed by atoms with Gasteiger partial charge in [0.25, 0.3) is 0 Å². The molecule has 5 nitrogen and oxygen atoms in total. The number of likely N-dealkylation sites (N-methyl/N-ethyl adjacent to an activating group) is 1. The molecular formula is C11H19ClF2N4O. The number of aryl methyl sites for hydroxylation is 1. The van der Waals surface area contributed by atoms with E-state index in [1.165, 1.54) is 0 Å². The minimum Gasteiger partial charge on any atom is -0.355 e. The monoisotopic (exact) mass is 296 g/mol. The number of carbonyl (C=O) groups excluding carboxylic acids is 1. The molecule has 2 N–H and O–H groups in total. The molecule has 0 fully saturated rings. The van der Waals surface area contributed by atoms with Gasteiger partial charge in [-0.25, -0.2) is 4.68 Å². The Balaban J connectivity index is 0.00000324. The standard InChI is InChI=1S/C11H18F2N4O.ClH/c1-7-9(6-10(18)15-5-4-14-3)8(2)17(16-7)11(12)13;/h11,14H,4-6H2,1-3H3,(H,15,18);1H. The van der Waals surface area contributed by atoms with Crippen molar-refractivity contribution in [3.63, 3.8) is 0 Å². The predicted molar refractivity (Wildman–Crippen MR) is 70.8 cm³/mol. The summed E-state index contributed by atoms with van der Waals surface area (Å²) < 4.78 is 25.8. The van der Waals surface area contributed by atoms with Crippen LogP contribution in [0.5, 0.6) is 0 Å². The summed E-state index contributed by atoms with van der Waals surface area (Å²) in [4.78, 5) is 11.6. The van der Waals surface area contributed by atoms with Crippen molar-refractivity contribution in [2.24, 2.45) is 0 Å². The molecule has 0 bridgehead atoms. The number of hydrogen-bond donors (Lipinski definition) is 2. The number of rotatable bonds is 6. The zero-order valence-corrected chi connectivity index (χ0v) is 12.0. The van der Waals surface area contributed by atoms with Gasteiger partial charge in [0.1, 0.15) is 0 Å². The lowest BCUT2D eigenvalue weighted by atomic mass is 10.1. The average Bonchev–Trinajstić information content (AvgIpc) is 2.57. The first-order valence-electron chi connectivity index (χ1n) is 5.71. The molecule has 0 saturated heterocycles. The van der Waals surface area contributed by atoms with Gasteiger partial charge in [-0.05, 0) is 20.9 Å². The zero-order valence-electron chi connectivity index (χ0n) is 11.2. The largest absolute Gasteiger partial charge is 0.355 e. The summed E-state index contributed by atoms with van der Waals surface area (Å²) in [7, 11) is 1.78. The van der Waals surface area contributed by atoms with Gasteiger partial charge < -0.3 is 10.6 Å². The van der Waals surface area contributed by atoms with E-state index in [-0.39, 0.29) is 24.7 Å². The van der Waals surface area contributed by atoms with E-state index in [0.29, 0.717) is 34.7 Å². The topological polar surface area (TPSA) is 58.9 Å². The van der Waals surface area contributed by atoms with E-state index in [0.717, 1.165) is 0 Å². The van der Waals surface area contributed by atoms with Crippen molar-refractivity contribution in [3.05, 3.63) is 17.0 Å². The van der Waals surface area contributed by atoms with Gasteiger partial charge in [0.05, 0.1) is 12.1 Å². The van der Waals surface area contributed by atoms with E-state index in [1.807, 2.05) is 0 Å². The second-order valence-corrected chi connectivity index (χ2v) is 4.00. The summed E-state index contributed by atoms with van der Waals surface area (Å²) in [6.45, 7) is 1.67. The highest BCUT2D eigenvalue weighted by atomic mass is 35.5. The van der Waals surface area contributed by atoms with E-state index in [1.54, 1.807) is 20.9 Å². The summed E-state index contributed by atoms with van der Waals surface area (Å²) in [5.41, 5.74) is 1.38. The number of carbonyl (C=O) groups is 1. The Kier molecular flexibility index (Phi) is 7.55. The van der Waals surface area contributed by atoms with Crippen molar-refractivity contribution in [2.75, 3.05) is 20.1 Å². The Bertz CT molecular complexity index is 423. The smallest absolute Gasteiger partial charge is 0.333 e.